The molecule has 3 heterocycles. The van der Waals surface area contributed by atoms with E-state index in [1.165, 1.54) is 11.3 Å². The zero-order valence-corrected chi connectivity index (χ0v) is 18.1. The normalized spacial score (nSPS) is 13.7. The summed E-state index contributed by atoms with van der Waals surface area (Å²) >= 11 is 1.45. The first kappa shape index (κ1) is 20.3. The Morgan fingerprint density at radius 3 is 2.53 bits per heavy atom. The molecule has 2 aromatic heterocycles. The monoisotopic (exact) mass is 443 g/mol. The maximum absolute atomic E-state index is 12.7. The van der Waals surface area contributed by atoms with Crippen molar-refractivity contribution < 1.29 is 9.53 Å². The SMILES string of the molecule is O=C(Nc1cccc(-c2ccc(N3CCOCC3)nn2)c1)c1csc(-c2ccccc2)n1. The number of nitrogens with one attached hydrogen (secondary N) is 1. The number of benzene rings is 2. The Morgan fingerprint density at radius 2 is 1.75 bits per heavy atom. The van der Waals surface area contributed by atoms with Crippen LogP contribution >= 0.6 is 11.3 Å². The van der Waals surface area contributed by atoms with Crippen molar-refractivity contribution in [3.63, 3.8) is 0 Å². The predicted octanol–water partition coefficient (Wildman–Crippen LogP) is 4.36. The summed E-state index contributed by atoms with van der Waals surface area (Å²) < 4.78 is 5.39. The number of aromatic nitrogens is 3. The van der Waals surface area contributed by atoms with E-state index in [0.29, 0.717) is 24.6 Å². The molecule has 1 amide bonds. The van der Waals surface area contributed by atoms with E-state index < -0.39 is 0 Å². The number of morpholine rings is 1. The summed E-state index contributed by atoms with van der Waals surface area (Å²) in [5, 5.41) is 14.3. The maximum atomic E-state index is 12.7. The minimum absolute atomic E-state index is 0.241. The van der Waals surface area contributed by atoms with Gasteiger partial charge in [-0.1, -0.05) is 42.5 Å². The first-order chi connectivity index (χ1) is 15.8. The number of hydrogen-bond acceptors (Lipinski definition) is 7. The fourth-order valence-electron chi connectivity index (χ4n) is 3.48. The van der Waals surface area contributed by atoms with E-state index in [0.717, 1.165) is 40.7 Å². The van der Waals surface area contributed by atoms with Crippen LogP contribution in [0.1, 0.15) is 10.5 Å². The Kier molecular flexibility index (Phi) is 5.87. The first-order valence-corrected chi connectivity index (χ1v) is 11.2. The van der Waals surface area contributed by atoms with Gasteiger partial charge >= 0.3 is 0 Å². The number of anilines is 2. The van der Waals surface area contributed by atoms with Gasteiger partial charge in [0.15, 0.2) is 5.82 Å². The molecule has 0 atom stereocenters. The van der Waals surface area contributed by atoms with E-state index in [-0.39, 0.29) is 5.91 Å². The molecule has 5 rings (SSSR count). The highest BCUT2D eigenvalue weighted by Crippen LogP contribution is 2.25. The highest BCUT2D eigenvalue weighted by atomic mass is 32.1. The minimum Gasteiger partial charge on any atom is -0.378 e. The van der Waals surface area contributed by atoms with Crippen molar-refractivity contribution in [2.75, 3.05) is 36.5 Å². The number of carbonyl (C=O) groups is 1. The third kappa shape index (κ3) is 4.51. The van der Waals surface area contributed by atoms with Crippen LogP contribution in [0, 0.1) is 0 Å². The van der Waals surface area contributed by atoms with Crippen LogP contribution in [0.4, 0.5) is 11.5 Å². The number of rotatable bonds is 5. The smallest absolute Gasteiger partial charge is 0.275 e. The lowest BCUT2D eigenvalue weighted by molar-refractivity contribution is 0.102. The van der Waals surface area contributed by atoms with Gasteiger partial charge in [-0.25, -0.2) is 4.98 Å². The summed E-state index contributed by atoms with van der Waals surface area (Å²) in [4.78, 5) is 19.4. The summed E-state index contributed by atoms with van der Waals surface area (Å²) in [6.07, 6.45) is 0. The second-order valence-electron chi connectivity index (χ2n) is 7.32. The molecular weight excluding hydrogens is 422 g/mol. The third-order valence-electron chi connectivity index (χ3n) is 5.16. The second-order valence-corrected chi connectivity index (χ2v) is 8.17. The number of thiazole rings is 1. The lowest BCUT2D eigenvalue weighted by Crippen LogP contribution is -2.36. The van der Waals surface area contributed by atoms with Crippen LogP contribution < -0.4 is 10.2 Å². The van der Waals surface area contributed by atoms with Crippen molar-refractivity contribution >= 4 is 28.7 Å². The Hall–Kier alpha value is -3.62. The largest absolute Gasteiger partial charge is 0.378 e. The Balaban J connectivity index is 1.29. The molecule has 32 heavy (non-hydrogen) atoms. The zero-order valence-electron chi connectivity index (χ0n) is 17.3. The molecule has 1 saturated heterocycles. The molecule has 2 aromatic carbocycles. The topological polar surface area (TPSA) is 80.2 Å². The number of amides is 1. The molecule has 8 heteroatoms. The van der Waals surface area contributed by atoms with Gasteiger partial charge in [-0.3, -0.25) is 4.79 Å². The predicted molar refractivity (Wildman–Crippen MR) is 126 cm³/mol. The number of nitrogens with zero attached hydrogens (tertiary/aromatic N) is 4. The van der Waals surface area contributed by atoms with Gasteiger partial charge in [-0.05, 0) is 24.3 Å². The van der Waals surface area contributed by atoms with Gasteiger partial charge in [0.05, 0.1) is 18.9 Å². The van der Waals surface area contributed by atoms with Gasteiger partial charge in [0, 0.05) is 35.3 Å². The highest BCUT2D eigenvalue weighted by molar-refractivity contribution is 7.13. The number of carbonyl (C=O) groups excluding carboxylic acids is 1. The highest BCUT2D eigenvalue weighted by Gasteiger charge is 2.14. The molecule has 0 radical (unpaired) electrons. The van der Waals surface area contributed by atoms with Gasteiger partial charge in [0.25, 0.3) is 5.91 Å². The minimum atomic E-state index is -0.241. The molecule has 7 nitrogen and oxygen atoms in total. The van der Waals surface area contributed by atoms with Gasteiger partial charge in [0.2, 0.25) is 0 Å². The summed E-state index contributed by atoms with van der Waals surface area (Å²) in [5.41, 5.74) is 3.71. The average Bonchev–Trinajstić information content (AvgIpc) is 3.36. The van der Waals surface area contributed by atoms with Crippen LogP contribution in [0.15, 0.2) is 72.1 Å². The van der Waals surface area contributed by atoms with Crippen LogP contribution in [0.5, 0.6) is 0 Å². The Morgan fingerprint density at radius 1 is 0.938 bits per heavy atom. The van der Waals surface area contributed by atoms with E-state index in [1.54, 1.807) is 5.38 Å². The molecule has 160 valence electrons. The van der Waals surface area contributed by atoms with Crippen molar-refractivity contribution in [2.24, 2.45) is 0 Å². The van der Waals surface area contributed by atoms with Crippen LogP contribution in [-0.2, 0) is 4.74 Å². The quantitative estimate of drug-likeness (QED) is 0.494. The molecule has 1 aliphatic heterocycles. The molecule has 4 aromatic rings. The molecule has 1 fully saturated rings. The summed E-state index contributed by atoms with van der Waals surface area (Å²) in [6.45, 7) is 3.05. The van der Waals surface area contributed by atoms with Crippen molar-refractivity contribution in [1.82, 2.24) is 15.2 Å². The standard InChI is InChI=1S/C24H21N5O2S/c30-23(21-16-32-24(26-21)17-5-2-1-3-6-17)25-19-8-4-7-18(15-19)20-9-10-22(28-27-20)29-11-13-31-14-12-29/h1-10,15-16H,11-14H2,(H,25,30). The molecule has 0 saturated carbocycles. The molecule has 0 bridgehead atoms. The van der Waals surface area contributed by atoms with Crippen LogP contribution in [0.2, 0.25) is 0 Å². The second kappa shape index (κ2) is 9.25. The fourth-order valence-corrected chi connectivity index (χ4v) is 4.29. The number of ether oxygens (including phenoxy) is 1. The van der Waals surface area contributed by atoms with Gasteiger partial charge in [-0.2, -0.15) is 0 Å². The fraction of sp³-hybridized carbons (Fsp3) is 0.167. The Bertz CT molecular complexity index is 1200. The average molecular weight is 444 g/mol. The van der Waals surface area contributed by atoms with Gasteiger partial charge in [0.1, 0.15) is 10.7 Å². The summed E-state index contributed by atoms with van der Waals surface area (Å²) in [5.74, 6) is 0.605. The van der Waals surface area contributed by atoms with Crippen molar-refractivity contribution in [1.29, 1.82) is 0 Å². The number of hydrogen-bond donors (Lipinski definition) is 1. The van der Waals surface area contributed by atoms with E-state index >= 15 is 0 Å². The molecule has 0 unspecified atom stereocenters. The van der Waals surface area contributed by atoms with Gasteiger partial charge in [-0.15, -0.1) is 21.5 Å². The zero-order chi connectivity index (χ0) is 21.8. The summed E-state index contributed by atoms with van der Waals surface area (Å²) in [6, 6.07) is 21.3. The van der Waals surface area contributed by atoms with Crippen LogP contribution in [-0.4, -0.2) is 47.4 Å². The maximum Gasteiger partial charge on any atom is 0.275 e. The lowest BCUT2D eigenvalue weighted by Gasteiger charge is -2.27. The molecular formula is C24H21N5O2S. The molecule has 1 N–H and O–H groups in total. The van der Waals surface area contributed by atoms with E-state index in [9.17, 15) is 4.79 Å². The van der Waals surface area contributed by atoms with Crippen molar-refractivity contribution in [3.05, 3.63) is 77.8 Å². The van der Waals surface area contributed by atoms with Crippen molar-refractivity contribution in [3.8, 4) is 21.8 Å². The third-order valence-corrected chi connectivity index (χ3v) is 6.05. The molecule has 0 aliphatic carbocycles. The molecule has 1 aliphatic rings. The van der Waals surface area contributed by atoms with Crippen LogP contribution in [0.25, 0.3) is 21.8 Å². The van der Waals surface area contributed by atoms with E-state index in [4.69, 9.17) is 4.74 Å². The molecule has 0 spiro atoms. The van der Waals surface area contributed by atoms with E-state index in [1.807, 2.05) is 66.7 Å². The van der Waals surface area contributed by atoms with Gasteiger partial charge < -0.3 is 15.0 Å². The lowest BCUT2D eigenvalue weighted by atomic mass is 10.1. The van der Waals surface area contributed by atoms with E-state index in [2.05, 4.69) is 25.4 Å². The van der Waals surface area contributed by atoms with Crippen LogP contribution in [0.3, 0.4) is 0 Å². The Labute approximate surface area is 189 Å². The summed E-state index contributed by atoms with van der Waals surface area (Å²) in [7, 11) is 0. The first-order valence-electron chi connectivity index (χ1n) is 10.4. The van der Waals surface area contributed by atoms with Crippen molar-refractivity contribution in [2.45, 2.75) is 0 Å².